The third kappa shape index (κ3) is 3.99. The molecule has 0 heterocycles. The first-order valence-corrected chi connectivity index (χ1v) is 6.70. The van der Waals surface area contributed by atoms with Crippen LogP contribution >= 0.6 is 0 Å². The maximum Gasteiger partial charge on any atom is 0.228 e. The van der Waals surface area contributed by atoms with E-state index in [1.54, 1.807) is 20.3 Å². The van der Waals surface area contributed by atoms with Gasteiger partial charge in [-0.1, -0.05) is 18.2 Å². The molecule has 2 rings (SSSR count). The van der Waals surface area contributed by atoms with Crippen molar-refractivity contribution < 1.29 is 14.3 Å². The molecule has 0 saturated carbocycles. The van der Waals surface area contributed by atoms with Crippen molar-refractivity contribution in [2.45, 2.75) is 13.3 Å². The fraction of sp³-hybridized carbons (Fsp3) is 0.235. The molecule has 0 aliphatic carbocycles. The lowest BCUT2D eigenvalue weighted by Crippen LogP contribution is -2.14. The number of benzene rings is 2. The van der Waals surface area contributed by atoms with E-state index in [1.807, 2.05) is 43.3 Å². The molecule has 0 aliphatic rings. The van der Waals surface area contributed by atoms with Crippen molar-refractivity contribution >= 4 is 11.6 Å². The lowest BCUT2D eigenvalue weighted by Gasteiger charge is -2.10. The lowest BCUT2D eigenvalue weighted by molar-refractivity contribution is -0.115. The molecule has 1 amide bonds. The molecule has 2 aromatic rings. The van der Waals surface area contributed by atoms with Crippen molar-refractivity contribution in [2.75, 3.05) is 19.5 Å². The Balaban J connectivity index is 2.06. The summed E-state index contributed by atoms with van der Waals surface area (Å²) in [7, 11) is 3.16. The Morgan fingerprint density at radius 2 is 1.81 bits per heavy atom. The SMILES string of the molecule is COc1ccc(CC(=O)Nc2cccc(C)c2)cc1OC. The van der Waals surface area contributed by atoms with Gasteiger partial charge in [-0.15, -0.1) is 0 Å². The number of nitrogens with one attached hydrogen (secondary N) is 1. The fourth-order valence-corrected chi connectivity index (χ4v) is 2.10. The number of rotatable bonds is 5. The normalized spacial score (nSPS) is 10.0. The first kappa shape index (κ1) is 14.9. The Bertz CT molecular complexity index is 638. The van der Waals surface area contributed by atoms with Gasteiger partial charge in [0.15, 0.2) is 11.5 Å². The molecule has 0 saturated heterocycles. The standard InChI is InChI=1S/C17H19NO3/c1-12-5-4-6-14(9-12)18-17(19)11-13-7-8-15(20-2)16(10-13)21-3/h4-10H,11H2,1-3H3,(H,18,19). The van der Waals surface area contributed by atoms with E-state index in [0.717, 1.165) is 16.8 Å². The van der Waals surface area contributed by atoms with Crippen LogP contribution in [-0.4, -0.2) is 20.1 Å². The minimum atomic E-state index is -0.0622. The summed E-state index contributed by atoms with van der Waals surface area (Å²) in [6.07, 6.45) is 0.286. The summed E-state index contributed by atoms with van der Waals surface area (Å²) < 4.78 is 10.4. The Morgan fingerprint density at radius 3 is 2.48 bits per heavy atom. The average molecular weight is 285 g/mol. The second kappa shape index (κ2) is 6.79. The molecule has 0 unspecified atom stereocenters. The van der Waals surface area contributed by atoms with Gasteiger partial charge in [-0.3, -0.25) is 4.79 Å². The summed E-state index contributed by atoms with van der Waals surface area (Å²) in [5, 5.41) is 2.89. The van der Waals surface area contributed by atoms with Crippen LogP contribution in [0.3, 0.4) is 0 Å². The number of ether oxygens (including phenoxy) is 2. The largest absolute Gasteiger partial charge is 0.493 e. The van der Waals surface area contributed by atoms with Crippen molar-refractivity contribution in [1.29, 1.82) is 0 Å². The zero-order valence-electron chi connectivity index (χ0n) is 12.5. The first-order chi connectivity index (χ1) is 10.1. The number of carbonyl (C=O) groups excluding carboxylic acids is 1. The maximum absolute atomic E-state index is 12.1. The molecule has 0 spiro atoms. The molecule has 0 radical (unpaired) electrons. The van der Waals surface area contributed by atoms with E-state index >= 15 is 0 Å². The van der Waals surface area contributed by atoms with Crippen molar-refractivity contribution in [3.63, 3.8) is 0 Å². The number of anilines is 1. The van der Waals surface area contributed by atoms with Gasteiger partial charge in [-0.2, -0.15) is 0 Å². The van der Waals surface area contributed by atoms with Crippen molar-refractivity contribution in [2.24, 2.45) is 0 Å². The molecule has 4 nitrogen and oxygen atoms in total. The smallest absolute Gasteiger partial charge is 0.228 e. The van der Waals surface area contributed by atoms with Crippen LogP contribution in [0.4, 0.5) is 5.69 Å². The number of methoxy groups -OCH3 is 2. The summed E-state index contributed by atoms with van der Waals surface area (Å²) in [6.45, 7) is 1.99. The van der Waals surface area contributed by atoms with Crippen LogP contribution in [0.1, 0.15) is 11.1 Å². The highest BCUT2D eigenvalue weighted by Gasteiger charge is 2.08. The topological polar surface area (TPSA) is 47.6 Å². The number of hydrogen-bond acceptors (Lipinski definition) is 3. The van der Waals surface area contributed by atoms with Crippen molar-refractivity contribution in [3.8, 4) is 11.5 Å². The van der Waals surface area contributed by atoms with Crippen LogP contribution < -0.4 is 14.8 Å². The molecular weight excluding hydrogens is 266 g/mol. The second-order valence-electron chi connectivity index (χ2n) is 4.78. The summed E-state index contributed by atoms with van der Waals surface area (Å²) in [4.78, 5) is 12.1. The number of hydrogen-bond donors (Lipinski definition) is 1. The van der Waals surface area contributed by atoms with Gasteiger partial charge in [0.2, 0.25) is 5.91 Å². The van der Waals surface area contributed by atoms with E-state index < -0.39 is 0 Å². The quantitative estimate of drug-likeness (QED) is 0.917. The third-order valence-corrected chi connectivity index (χ3v) is 3.11. The molecule has 0 atom stereocenters. The molecule has 110 valence electrons. The number of aryl methyl sites for hydroxylation is 1. The molecule has 0 fully saturated rings. The van der Waals surface area contributed by atoms with Crippen LogP contribution in [-0.2, 0) is 11.2 Å². The monoisotopic (exact) mass is 285 g/mol. The fourth-order valence-electron chi connectivity index (χ4n) is 2.10. The summed E-state index contributed by atoms with van der Waals surface area (Å²) >= 11 is 0. The van der Waals surface area contributed by atoms with Gasteiger partial charge < -0.3 is 14.8 Å². The molecule has 0 aliphatic heterocycles. The van der Waals surface area contributed by atoms with Crippen LogP contribution in [0.5, 0.6) is 11.5 Å². The van der Waals surface area contributed by atoms with E-state index in [9.17, 15) is 4.79 Å². The minimum Gasteiger partial charge on any atom is -0.493 e. The molecule has 2 aromatic carbocycles. The van der Waals surface area contributed by atoms with E-state index in [2.05, 4.69) is 5.32 Å². The number of amides is 1. The maximum atomic E-state index is 12.1. The Morgan fingerprint density at radius 1 is 1.05 bits per heavy atom. The Hall–Kier alpha value is -2.49. The van der Waals surface area contributed by atoms with Crippen molar-refractivity contribution in [1.82, 2.24) is 0 Å². The van der Waals surface area contributed by atoms with Gasteiger partial charge in [-0.25, -0.2) is 0 Å². The summed E-state index contributed by atoms with van der Waals surface area (Å²) in [5.41, 5.74) is 2.79. The lowest BCUT2D eigenvalue weighted by atomic mass is 10.1. The van der Waals surface area contributed by atoms with E-state index in [1.165, 1.54) is 0 Å². The van der Waals surface area contributed by atoms with Gasteiger partial charge >= 0.3 is 0 Å². The third-order valence-electron chi connectivity index (χ3n) is 3.11. The van der Waals surface area contributed by atoms with Crippen LogP contribution in [0, 0.1) is 6.92 Å². The second-order valence-corrected chi connectivity index (χ2v) is 4.78. The highest BCUT2D eigenvalue weighted by molar-refractivity contribution is 5.92. The molecule has 0 aromatic heterocycles. The summed E-state index contributed by atoms with van der Waals surface area (Å²) in [6, 6.07) is 13.2. The first-order valence-electron chi connectivity index (χ1n) is 6.70. The molecule has 4 heteroatoms. The molecule has 1 N–H and O–H groups in total. The van der Waals surface area contributed by atoms with Gasteiger partial charge in [-0.05, 0) is 42.3 Å². The zero-order chi connectivity index (χ0) is 15.2. The number of carbonyl (C=O) groups is 1. The van der Waals surface area contributed by atoms with Crippen LogP contribution in [0.2, 0.25) is 0 Å². The van der Waals surface area contributed by atoms with Gasteiger partial charge in [0, 0.05) is 5.69 Å². The Kier molecular flexibility index (Phi) is 4.82. The summed E-state index contributed by atoms with van der Waals surface area (Å²) in [5.74, 6) is 1.21. The predicted octanol–water partition coefficient (Wildman–Crippen LogP) is 3.19. The highest BCUT2D eigenvalue weighted by Crippen LogP contribution is 2.27. The predicted molar refractivity (Wildman–Crippen MR) is 83.1 cm³/mol. The van der Waals surface area contributed by atoms with Gasteiger partial charge in [0.1, 0.15) is 0 Å². The van der Waals surface area contributed by atoms with Gasteiger partial charge in [0.05, 0.1) is 20.6 Å². The minimum absolute atomic E-state index is 0.0622. The Labute approximate surface area is 124 Å². The zero-order valence-corrected chi connectivity index (χ0v) is 12.5. The van der Waals surface area contributed by atoms with E-state index in [-0.39, 0.29) is 12.3 Å². The van der Waals surface area contributed by atoms with E-state index in [0.29, 0.717) is 11.5 Å². The van der Waals surface area contributed by atoms with Crippen LogP contribution in [0.25, 0.3) is 0 Å². The average Bonchev–Trinajstić information content (AvgIpc) is 2.47. The molecule has 21 heavy (non-hydrogen) atoms. The molecular formula is C17H19NO3. The van der Waals surface area contributed by atoms with Gasteiger partial charge in [0.25, 0.3) is 0 Å². The van der Waals surface area contributed by atoms with Crippen LogP contribution in [0.15, 0.2) is 42.5 Å². The van der Waals surface area contributed by atoms with Crippen molar-refractivity contribution in [3.05, 3.63) is 53.6 Å². The van der Waals surface area contributed by atoms with E-state index in [4.69, 9.17) is 9.47 Å². The molecule has 0 bridgehead atoms. The highest BCUT2D eigenvalue weighted by atomic mass is 16.5.